The number of benzene rings is 2. The van der Waals surface area contributed by atoms with Crippen molar-refractivity contribution in [2.45, 2.75) is 49.5 Å². The second kappa shape index (κ2) is 11.2. The Morgan fingerprint density at radius 1 is 0.977 bits per heavy atom. The van der Waals surface area contributed by atoms with Gasteiger partial charge in [-0.2, -0.15) is 9.61 Å². The number of sulfonamides is 1. The molecule has 6 rings (SSSR count). The van der Waals surface area contributed by atoms with E-state index in [0.29, 0.717) is 25.9 Å². The second-order valence-electron chi connectivity index (χ2n) is 10.8. The van der Waals surface area contributed by atoms with E-state index in [-0.39, 0.29) is 45.4 Å². The molecular formula is C29H29F2N7O4S. The van der Waals surface area contributed by atoms with Gasteiger partial charge in [0.15, 0.2) is 10.5 Å². The molecule has 3 amide bonds. The molecule has 14 heteroatoms. The molecule has 0 radical (unpaired) electrons. The monoisotopic (exact) mass is 609 g/mol. The lowest BCUT2D eigenvalue weighted by molar-refractivity contribution is 0.0713. The van der Waals surface area contributed by atoms with Crippen LogP contribution in [0, 0.1) is 18.6 Å². The third kappa shape index (κ3) is 6.00. The second-order valence-corrected chi connectivity index (χ2v) is 12.5. The first kappa shape index (κ1) is 28.5. The average Bonchev–Trinajstić information content (AvgIpc) is 3.67. The molecule has 3 heterocycles. The van der Waals surface area contributed by atoms with Crippen molar-refractivity contribution in [3.63, 3.8) is 0 Å². The zero-order valence-corrected chi connectivity index (χ0v) is 24.0. The molecule has 3 N–H and O–H groups in total. The molecule has 224 valence electrons. The molecular weight excluding hydrogens is 580 g/mol. The number of urea groups is 1. The van der Waals surface area contributed by atoms with Crippen LogP contribution < -0.4 is 15.4 Å². The van der Waals surface area contributed by atoms with Crippen LogP contribution in [0.2, 0.25) is 0 Å². The van der Waals surface area contributed by atoms with Crippen LogP contribution in [0.5, 0.6) is 0 Å². The molecule has 2 aromatic heterocycles. The van der Waals surface area contributed by atoms with Gasteiger partial charge in [0.1, 0.15) is 23.0 Å². The van der Waals surface area contributed by atoms with Crippen molar-refractivity contribution in [2.24, 2.45) is 0 Å². The summed E-state index contributed by atoms with van der Waals surface area (Å²) in [7, 11) is -4.38. The van der Waals surface area contributed by atoms with Crippen LogP contribution >= 0.6 is 0 Å². The maximum Gasteiger partial charge on any atom is 0.328 e. The zero-order valence-electron chi connectivity index (χ0n) is 23.2. The van der Waals surface area contributed by atoms with E-state index in [4.69, 9.17) is 0 Å². The number of hydrogen-bond acceptors (Lipinski definition) is 7. The number of carbonyl (C=O) groups is 2. The lowest BCUT2D eigenvalue weighted by atomic mass is 9.89. The zero-order chi connectivity index (χ0) is 30.3. The van der Waals surface area contributed by atoms with Gasteiger partial charge >= 0.3 is 6.03 Å². The van der Waals surface area contributed by atoms with Gasteiger partial charge in [0.25, 0.3) is 15.9 Å². The molecule has 4 aromatic rings. The van der Waals surface area contributed by atoms with Crippen LogP contribution in [-0.4, -0.2) is 59.0 Å². The fraction of sp³-hybridized carbons (Fsp3) is 0.310. The number of piperidine rings is 1. The summed E-state index contributed by atoms with van der Waals surface area (Å²) in [5.41, 5.74) is 1.70. The Kier molecular flexibility index (Phi) is 7.46. The van der Waals surface area contributed by atoms with E-state index < -0.39 is 27.8 Å². The number of nitrogens with one attached hydrogen (secondary N) is 3. The predicted octanol–water partition coefficient (Wildman–Crippen LogP) is 4.23. The number of aromatic nitrogens is 3. The minimum absolute atomic E-state index is 0.0176. The Labute approximate surface area is 246 Å². The SMILES string of the molecule is Cc1ccc(F)c(Nc2c(C(=O)N3CCC(c4ccc(F)cc4)CC3)cnc3c(S(=O)(=O)NC(=O)NC4CC4)cnn23)c1. The molecule has 1 aliphatic heterocycles. The fourth-order valence-electron chi connectivity index (χ4n) is 5.18. The maximum absolute atomic E-state index is 14.8. The van der Waals surface area contributed by atoms with Crippen LogP contribution in [-0.2, 0) is 10.0 Å². The van der Waals surface area contributed by atoms with Gasteiger partial charge < -0.3 is 15.5 Å². The highest BCUT2D eigenvalue weighted by atomic mass is 32.2. The average molecular weight is 610 g/mol. The minimum atomic E-state index is -4.38. The molecule has 1 saturated carbocycles. The molecule has 1 aliphatic carbocycles. The van der Waals surface area contributed by atoms with Gasteiger partial charge in [-0.15, -0.1) is 0 Å². The Hall–Kier alpha value is -4.59. The highest BCUT2D eigenvalue weighted by Gasteiger charge is 2.31. The molecule has 43 heavy (non-hydrogen) atoms. The first-order valence-corrected chi connectivity index (χ1v) is 15.4. The van der Waals surface area contributed by atoms with Crippen LogP contribution in [0.1, 0.15) is 53.1 Å². The normalized spacial score (nSPS) is 15.8. The molecule has 0 unspecified atom stereocenters. The lowest BCUT2D eigenvalue weighted by Crippen LogP contribution is -2.40. The summed E-state index contributed by atoms with van der Waals surface area (Å²) in [6, 6.07) is 9.84. The maximum atomic E-state index is 14.8. The van der Waals surface area contributed by atoms with Gasteiger partial charge in [-0.3, -0.25) is 4.79 Å². The lowest BCUT2D eigenvalue weighted by Gasteiger charge is -2.32. The highest BCUT2D eigenvalue weighted by Crippen LogP contribution is 2.31. The van der Waals surface area contributed by atoms with Crippen molar-refractivity contribution < 1.29 is 26.8 Å². The van der Waals surface area contributed by atoms with Gasteiger partial charge in [0.05, 0.1) is 11.9 Å². The number of halogens is 2. The number of aryl methyl sites for hydroxylation is 1. The minimum Gasteiger partial charge on any atom is -0.338 e. The topological polar surface area (TPSA) is 138 Å². The van der Waals surface area contributed by atoms with Crippen LogP contribution in [0.3, 0.4) is 0 Å². The van der Waals surface area contributed by atoms with Crippen molar-refractivity contribution in [1.29, 1.82) is 0 Å². The van der Waals surface area contributed by atoms with Crippen LogP contribution in [0.15, 0.2) is 59.8 Å². The third-order valence-corrected chi connectivity index (χ3v) is 8.97. The number of likely N-dealkylation sites (tertiary alicyclic amines) is 1. The molecule has 1 saturated heterocycles. The van der Waals surface area contributed by atoms with E-state index in [9.17, 15) is 26.8 Å². The van der Waals surface area contributed by atoms with E-state index in [0.717, 1.165) is 34.7 Å². The largest absolute Gasteiger partial charge is 0.338 e. The van der Waals surface area contributed by atoms with Gasteiger partial charge in [0.2, 0.25) is 0 Å². The standard InChI is InChI=1S/C29H29F2N7O4S/c1-17-2-9-23(31)24(14-17)35-26-22(28(39)37-12-10-19(11-13-37)18-3-5-20(30)6-4-18)15-32-27-25(16-33-38(26)27)43(41,42)36-29(40)34-21-7-8-21/h2-6,9,14-16,19,21,35H,7-8,10-13H2,1H3,(H2,34,36,40). The molecule has 0 spiro atoms. The van der Waals surface area contributed by atoms with Gasteiger partial charge in [-0.05, 0) is 73.9 Å². The van der Waals surface area contributed by atoms with Crippen LogP contribution in [0.25, 0.3) is 5.65 Å². The highest BCUT2D eigenvalue weighted by molar-refractivity contribution is 7.90. The summed E-state index contributed by atoms with van der Waals surface area (Å²) in [4.78, 5) is 31.5. The molecule has 0 atom stereocenters. The summed E-state index contributed by atoms with van der Waals surface area (Å²) in [5, 5.41) is 9.66. The van der Waals surface area contributed by atoms with E-state index in [2.05, 4.69) is 20.7 Å². The van der Waals surface area contributed by atoms with Crippen molar-refractivity contribution in [3.8, 4) is 0 Å². The third-order valence-electron chi connectivity index (χ3n) is 7.65. The predicted molar refractivity (Wildman–Crippen MR) is 154 cm³/mol. The summed E-state index contributed by atoms with van der Waals surface area (Å²) >= 11 is 0. The van der Waals surface area contributed by atoms with Gasteiger partial charge in [0, 0.05) is 25.3 Å². The van der Waals surface area contributed by atoms with Crippen molar-refractivity contribution in [2.75, 3.05) is 18.4 Å². The number of carbonyl (C=O) groups excluding carboxylic acids is 2. The van der Waals surface area contributed by atoms with Gasteiger partial charge in [-0.1, -0.05) is 18.2 Å². The number of anilines is 2. The Bertz CT molecular complexity index is 1820. The first-order valence-electron chi connectivity index (χ1n) is 13.9. The Balaban J connectivity index is 1.33. The van der Waals surface area contributed by atoms with Crippen molar-refractivity contribution in [1.82, 2.24) is 29.5 Å². The molecule has 2 aliphatic rings. The number of rotatable bonds is 7. The first-order chi connectivity index (χ1) is 20.6. The van der Waals surface area contributed by atoms with E-state index in [1.165, 1.54) is 24.4 Å². The smallest absolute Gasteiger partial charge is 0.328 e. The molecule has 0 bridgehead atoms. The number of nitrogens with zero attached hydrogens (tertiary/aromatic N) is 4. The van der Waals surface area contributed by atoms with E-state index in [1.807, 2.05) is 4.72 Å². The molecule has 2 fully saturated rings. The van der Waals surface area contributed by atoms with E-state index in [1.54, 1.807) is 36.1 Å². The van der Waals surface area contributed by atoms with E-state index >= 15 is 0 Å². The summed E-state index contributed by atoms with van der Waals surface area (Å²) < 4.78 is 57.5. The van der Waals surface area contributed by atoms with Crippen molar-refractivity contribution in [3.05, 3.63) is 83.2 Å². The summed E-state index contributed by atoms with van der Waals surface area (Å²) in [6.07, 6.45) is 5.11. The van der Waals surface area contributed by atoms with Gasteiger partial charge in [-0.25, -0.2) is 31.7 Å². The fourth-order valence-corrected chi connectivity index (χ4v) is 6.16. The Morgan fingerprint density at radius 3 is 2.40 bits per heavy atom. The number of amides is 3. The van der Waals surface area contributed by atoms with Crippen molar-refractivity contribution >= 4 is 39.1 Å². The Morgan fingerprint density at radius 2 is 1.70 bits per heavy atom. The summed E-state index contributed by atoms with van der Waals surface area (Å²) in [6.45, 7) is 2.60. The molecule has 11 nitrogen and oxygen atoms in total. The van der Waals surface area contributed by atoms with Crippen LogP contribution in [0.4, 0.5) is 25.1 Å². The number of hydrogen-bond donors (Lipinski definition) is 3. The summed E-state index contributed by atoms with van der Waals surface area (Å²) in [5.74, 6) is -1.12. The quantitative estimate of drug-likeness (QED) is 0.285. The molecule has 2 aromatic carbocycles. The number of fused-ring (bicyclic) bond motifs is 1.